The van der Waals surface area contributed by atoms with Gasteiger partial charge in [-0.3, -0.25) is 0 Å². The van der Waals surface area contributed by atoms with E-state index in [4.69, 9.17) is 16.0 Å². The van der Waals surface area contributed by atoms with Crippen molar-refractivity contribution in [1.82, 2.24) is 5.32 Å². The Morgan fingerprint density at radius 2 is 2.00 bits per heavy atom. The van der Waals surface area contributed by atoms with Gasteiger partial charge in [0.15, 0.2) is 5.22 Å². The normalized spacial score (nSPS) is 12.7. The van der Waals surface area contributed by atoms with Gasteiger partial charge in [0, 0.05) is 5.56 Å². The maximum Gasteiger partial charge on any atom is 0.198 e. The van der Waals surface area contributed by atoms with Gasteiger partial charge in [-0.15, -0.1) is 0 Å². The van der Waals surface area contributed by atoms with Crippen molar-refractivity contribution in [3.8, 4) is 0 Å². The van der Waals surface area contributed by atoms with Crippen LogP contribution in [0.1, 0.15) is 35.2 Å². The van der Waals surface area contributed by atoms with Crippen molar-refractivity contribution in [2.75, 3.05) is 6.54 Å². The van der Waals surface area contributed by atoms with E-state index in [2.05, 4.69) is 44.3 Å². The lowest BCUT2D eigenvalue weighted by atomic mass is 9.95. The van der Waals surface area contributed by atoms with Crippen molar-refractivity contribution < 1.29 is 4.42 Å². The summed E-state index contributed by atoms with van der Waals surface area (Å²) >= 11 is 6.11. The molecule has 2 rings (SSSR count). The van der Waals surface area contributed by atoms with Crippen LogP contribution < -0.4 is 5.32 Å². The zero-order valence-corrected chi connectivity index (χ0v) is 11.7. The molecule has 1 atom stereocenters. The second-order valence-corrected chi connectivity index (χ2v) is 4.84. The highest BCUT2D eigenvalue weighted by molar-refractivity contribution is 6.29. The van der Waals surface area contributed by atoms with Gasteiger partial charge in [0.05, 0.1) is 12.3 Å². The number of furan rings is 1. The third kappa shape index (κ3) is 2.60. The molecule has 2 aromatic rings. The Morgan fingerprint density at radius 3 is 2.61 bits per heavy atom. The molecule has 0 aliphatic heterocycles. The highest BCUT2D eigenvalue weighted by atomic mass is 35.5. The quantitative estimate of drug-likeness (QED) is 0.892. The minimum atomic E-state index is 0.0844. The first-order valence-electron chi connectivity index (χ1n) is 6.17. The molecule has 1 unspecified atom stereocenters. The van der Waals surface area contributed by atoms with Gasteiger partial charge in [0.2, 0.25) is 0 Å². The fourth-order valence-electron chi connectivity index (χ4n) is 2.17. The van der Waals surface area contributed by atoms with Gasteiger partial charge in [-0.1, -0.05) is 30.7 Å². The Kier molecular flexibility index (Phi) is 4.10. The van der Waals surface area contributed by atoms with Crippen LogP contribution >= 0.6 is 11.6 Å². The van der Waals surface area contributed by atoms with Gasteiger partial charge in [0.25, 0.3) is 0 Å². The van der Waals surface area contributed by atoms with Crippen LogP contribution in [0.5, 0.6) is 0 Å². The molecule has 0 amide bonds. The standard InChI is InChI=1S/C15H18ClNO/c1-4-17-14(12-7-8-18-15(12)16)13-9-10(2)5-6-11(13)3/h5-9,14,17H,4H2,1-3H3. The average Bonchev–Trinajstić information content (AvgIpc) is 2.76. The predicted octanol–water partition coefficient (Wildman–Crippen LogP) is 4.25. The van der Waals surface area contributed by atoms with Crippen LogP contribution in [0, 0.1) is 13.8 Å². The molecule has 0 spiro atoms. The first kappa shape index (κ1) is 13.2. The molecule has 18 heavy (non-hydrogen) atoms. The number of aryl methyl sites for hydroxylation is 2. The molecular weight excluding hydrogens is 246 g/mol. The second kappa shape index (κ2) is 5.59. The molecule has 1 aromatic carbocycles. The number of hydrogen-bond donors (Lipinski definition) is 1. The molecule has 0 saturated heterocycles. The van der Waals surface area contributed by atoms with Gasteiger partial charge in [-0.2, -0.15) is 0 Å². The highest BCUT2D eigenvalue weighted by Gasteiger charge is 2.19. The van der Waals surface area contributed by atoms with E-state index in [1.165, 1.54) is 16.7 Å². The maximum absolute atomic E-state index is 6.11. The lowest BCUT2D eigenvalue weighted by Gasteiger charge is -2.20. The average molecular weight is 264 g/mol. The van der Waals surface area contributed by atoms with Crippen LogP contribution in [0.4, 0.5) is 0 Å². The Bertz CT molecular complexity index is 533. The van der Waals surface area contributed by atoms with Gasteiger partial charge < -0.3 is 9.73 Å². The van der Waals surface area contributed by atoms with Crippen molar-refractivity contribution in [3.05, 3.63) is 58.0 Å². The largest absolute Gasteiger partial charge is 0.453 e. The van der Waals surface area contributed by atoms with Crippen LogP contribution in [0.25, 0.3) is 0 Å². The molecule has 3 heteroatoms. The monoisotopic (exact) mass is 263 g/mol. The van der Waals surface area contributed by atoms with Crippen molar-refractivity contribution >= 4 is 11.6 Å². The minimum absolute atomic E-state index is 0.0844. The number of rotatable bonds is 4. The smallest absolute Gasteiger partial charge is 0.198 e. The molecule has 0 bridgehead atoms. The lowest BCUT2D eigenvalue weighted by molar-refractivity contribution is 0.554. The molecule has 0 aliphatic rings. The molecule has 0 aliphatic carbocycles. The van der Waals surface area contributed by atoms with Gasteiger partial charge in [0.1, 0.15) is 0 Å². The van der Waals surface area contributed by atoms with Crippen LogP contribution in [0.3, 0.4) is 0 Å². The minimum Gasteiger partial charge on any atom is -0.453 e. The Labute approximate surface area is 113 Å². The first-order valence-corrected chi connectivity index (χ1v) is 6.54. The molecule has 96 valence electrons. The second-order valence-electron chi connectivity index (χ2n) is 4.50. The van der Waals surface area contributed by atoms with Gasteiger partial charge in [-0.25, -0.2) is 0 Å². The van der Waals surface area contributed by atoms with Crippen LogP contribution in [-0.2, 0) is 0 Å². The lowest BCUT2D eigenvalue weighted by Crippen LogP contribution is -2.22. The molecule has 1 heterocycles. The number of benzene rings is 1. The van der Waals surface area contributed by atoms with Crippen molar-refractivity contribution in [2.45, 2.75) is 26.8 Å². The van der Waals surface area contributed by atoms with Crippen molar-refractivity contribution in [3.63, 3.8) is 0 Å². The summed E-state index contributed by atoms with van der Waals surface area (Å²) in [5.41, 5.74) is 4.74. The number of nitrogens with one attached hydrogen (secondary N) is 1. The van der Waals surface area contributed by atoms with E-state index in [0.717, 1.165) is 12.1 Å². The summed E-state index contributed by atoms with van der Waals surface area (Å²) in [6, 6.07) is 8.48. The molecule has 2 nitrogen and oxygen atoms in total. The summed E-state index contributed by atoms with van der Waals surface area (Å²) in [4.78, 5) is 0. The summed E-state index contributed by atoms with van der Waals surface area (Å²) in [5, 5.41) is 3.93. The molecule has 1 N–H and O–H groups in total. The van der Waals surface area contributed by atoms with E-state index in [0.29, 0.717) is 5.22 Å². The van der Waals surface area contributed by atoms with E-state index in [-0.39, 0.29) is 6.04 Å². The molecule has 0 saturated carbocycles. The Hall–Kier alpha value is -1.25. The highest BCUT2D eigenvalue weighted by Crippen LogP contribution is 2.31. The molecule has 0 fully saturated rings. The topological polar surface area (TPSA) is 25.2 Å². The summed E-state index contributed by atoms with van der Waals surface area (Å²) in [5.74, 6) is 0. The summed E-state index contributed by atoms with van der Waals surface area (Å²) in [7, 11) is 0. The zero-order chi connectivity index (χ0) is 13.1. The molecule has 0 radical (unpaired) electrons. The first-order chi connectivity index (χ1) is 8.63. The van der Waals surface area contributed by atoms with E-state index in [1.54, 1.807) is 6.26 Å². The summed E-state index contributed by atoms with van der Waals surface area (Å²) in [6.45, 7) is 7.18. The maximum atomic E-state index is 6.11. The van der Waals surface area contributed by atoms with Crippen molar-refractivity contribution in [2.24, 2.45) is 0 Å². The summed E-state index contributed by atoms with van der Waals surface area (Å²) in [6.07, 6.45) is 1.63. The van der Waals surface area contributed by atoms with Gasteiger partial charge >= 0.3 is 0 Å². The molecule has 1 aromatic heterocycles. The van der Waals surface area contributed by atoms with Crippen LogP contribution in [-0.4, -0.2) is 6.54 Å². The predicted molar refractivity (Wildman–Crippen MR) is 75.2 cm³/mol. The SMILES string of the molecule is CCNC(c1cc(C)ccc1C)c1ccoc1Cl. The Balaban J connectivity index is 2.48. The van der Waals surface area contributed by atoms with E-state index < -0.39 is 0 Å². The summed E-state index contributed by atoms with van der Waals surface area (Å²) < 4.78 is 5.21. The fourth-order valence-corrected chi connectivity index (χ4v) is 2.40. The van der Waals surface area contributed by atoms with Gasteiger partial charge in [-0.05, 0) is 49.2 Å². The molecular formula is C15H18ClNO. The van der Waals surface area contributed by atoms with Crippen LogP contribution in [0.2, 0.25) is 5.22 Å². The van der Waals surface area contributed by atoms with E-state index >= 15 is 0 Å². The Morgan fingerprint density at radius 1 is 1.22 bits per heavy atom. The number of halogens is 1. The number of hydrogen-bond acceptors (Lipinski definition) is 2. The van der Waals surface area contributed by atoms with E-state index in [1.807, 2.05) is 6.07 Å². The van der Waals surface area contributed by atoms with E-state index in [9.17, 15) is 0 Å². The fraction of sp³-hybridized carbons (Fsp3) is 0.333. The van der Waals surface area contributed by atoms with Crippen molar-refractivity contribution in [1.29, 1.82) is 0 Å². The zero-order valence-electron chi connectivity index (χ0n) is 11.0. The van der Waals surface area contributed by atoms with Crippen LogP contribution in [0.15, 0.2) is 34.9 Å². The third-order valence-electron chi connectivity index (χ3n) is 3.11. The third-order valence-corrected chi connectivity index (χ3v) is 3.42.